The summed E-state index contributed by atoms with van der Waals surface area (Å²) >= 11 is 0. The highest BCUT2D eigenvalue weighted by Gasteiger charge is 2.56. The highest BCUT2D eigenvalue weighted by Crippen LogP contribution is 2.57. The van der Waals surface area contributed by atoms with Gasteiger partial charge in [0.25, 0.3) is 0 Å². The molecular formula is C29H28N2O7. The van der Waals surface area contributed by atoms with Crippen LogP contribution in [0.4, 0.5) is 0 Å². The first-order valence-corrected chi connectivity index (χ1v) is 12.2. The molecule has 0 saturated heterocycles. The van der Waals surface area contributed by atoms with Crippen molar-refractivity contribution >= 4 is 28.3 Å². The second kappa shape index (κ2) is 8.79. The molecule has 2 aromatic carbocycles. The first-order valence-electron chi connectivity index (χ1n) is 12.2. The summed E-state index contributed by atoms with van der Waals surface area (Å²) in [6.07, 6.45) is 3.17. The van der Waals surface area contributed by atoms with Crippen molar-refractivity contribution in [3.05, 3.63) is 70.3 Å². The number of nitrogens with zero attached hydrogens (tertiary/aromatic N) is 1. The lowest BCUT2D eigenvalue weighted by atomic mass is 9.70. The van der Waals surface area contributed by atoms with Gasteiger partial charge in [-0.2, -0.15) is 0 Å². The average Bonchev–Trinajstić information content (AvgIpc) is 3.41. The third kappa shape index (κ3) is 3.49. The number of Topliss-reactive ketones (excluding diaryl/α,β-unsaturated/α-hetero) is 2. The zero-order valence-corrected chi connectivity index (χ0v) is 21.8. The predicted molar refractivity (Wildman–Crippen MR) is 140 cm³/mol. The molecule has 1 atom stereocenters. The molecule has 3 N–H and O–H groups in total. The number of hydrogen-bond donors (Lipinski definition) is 3. The van der Waals surface area contributed by atoms with Crippen molar-refractivity contribution in [2.75, 3.05) is 13.7 Å². The Hall–Kier alpha value is -4.53. The maximum Gasteiger partial charge on any atom is 0.194 e. The molecule has 5 rings (SSSR count). The van der Waals surface area contributed by atoms with E-state index in [9.17, 15) is 24.6 Å². The maximum absolute atomic E-state index is 13.9. The summed E-state index contributed by atoms with van der Waals surface area (Å²) in [7, 11) is 1.62. The van der Waals surface area contributed by atoms with Crippen LogP contribution in [-0.2, 0) is 21.5 Å². The topological polar surface area (TPSA) is 127 Å². The monoisotopic (exact) mass is 516 g/mol. The summed E-state index contributed by atoms with van der Waals surface area (Å²) in [6, 6.07) is 7.80. The van der Waals surface area contributed by atoms with E-state index in [4.69, 9.17) is 9.47 Å². The molecule has 0 fully saturated rings. The van der Waals surface area contributed by atoms with Crippen molar-refractivity contribution in [3.8, 4) is 23.0 Å². The number of rotatable bonds is 6. The first-order chi connectivity index (χ1) is 18.0. The van der Waals surface area contributed by atoms with Gasteiger partial charge in [0.2, 0.25) is 0 Å². The molecule has 0 unspecified atom stereocenters. The van der Waals surface area contributed by atoms with Crippen LogP contribution in [0.25, 0.3) is 10.9 Å². The molecule has 0 bridgehead atoms. The van der Waals surface area contributed by atoms with Crippen LogP contribution >= 0.6 is 0 Å². The third-order valence-corrected chi connectivity index (χ3v) is 7.48. The van der Waals surface area contributed by atoms with E-state index < -0.39 is 28.5 Å². The van der Waals surface area contributed by atoms with Gasteiger partial charge in [0.05, 0.1) is 18.2 Å². The number of ether oxygens (including phenoxy) is 2. The van der Waals surface area contributed by atoms with E-state index in [0.717, 1.165) is 16.7 Å². The number of benzene rings is 2. The zero-order valence-electron chi connectivity index (χ0n) is 21.8. The Labute approximate surface area is 219 Å². The van der Waals surface area contributed by atoms with Gasteiger partial charge < -0.3 is 29.6 Å². The maximum atomic E-state index is 13.9. The van der Waals surface area contributed by atoms with Gasteiger partial charge in [-0.1, -0.05) is 0 Å². The fourth-order valence-electron chi connectivity index (χ4n) is 5.31. The highest BCUT2D eigenvalue weighted by molar-refractivity contribution is 6.31. The number of aromatic nitrogens is 1. The zero-order chi connectivity index (χ0) is 27.5. The second-order valence-electron chi connectivity index (χ2n) is 9.75. The lowest BCUT2D eigenvalue weighted by Gasteiger charge is -2.29. The molecule has 1 aliphatic heterocycles. The van der Waals surface area contributed by atoms with E-state index in [2.05, 4.69) is 9.88 Å². The standard InChI is InChI=1S/C29H28N2O7/c1-14-25(34)23(16(3)32)27-24(26(14)35)29(4)21(38-27)13-20(33)22(28(29)36)15(2)30-9-11-31-10-8-17-12-18(37-5)6-7-19(17)31/h6-8,10,12-13,30,34-35H,9,11H2,1-5H3/t29-/m0/s1. The SMILES string of the molecule is COc1ccc2c(ccn2CCNC(C)=C2C(=O)C=C3Oc4c(C(C)=O)c(O)c(C)c(O)c4[C@@]3(C)C2=O)c1. The van der Waals surface area contributed by atoms with Crippen LogP contribution in [0, 0.1) is 6.92 Å². The number of methoxy groups -OCH3 is 1. The number of phenolic OH excluding ortho intramolecular Hbond substituents is 2. The molecule has 0 saturated carbocycles. The summed E-state index contributed by atoms with van der Waals surface area (Å²) in [5.74, 6) is -1.67. The van der Waals surface area contributed by atoms with Gasteiger partial charge in [-0.25, -0.2) is 0 Å². The number of hydrogen-bond acceptors (Lipinski definition) is 8. The van der Waals surface area contributed by atoms with Crippen LogP contribution < -0.4 is 14.8 Å². The van der Waals surface area contributed by atoms with Crippen molar-refractivity contribution in [1.29, 1.82) is 0 Å². The molecule has 0 radical (unpaired) electrons. The molecule has 3 aromatic rings. The summed E-state index contributed by atoms with van der Waals surface area (Å²) in [4.78, 5) is 39.3. The smallest absolute Gasteiger partial charge is 0.194 e. The number of ketones is 3. The fourth-order valence-corrected chi connectivity index (χ4v) is 5.31. The van der Waals surface area contributed by atoms with Crippen molar-refractivity contribution in [2.24, 2.45) is 0 Å². The van der Waals surface area contributed by atoms with Crippen molar-refractivity contribution in [3.63, 3.8) is 0 Å². The van der Waals surface area contributed by atoms with Crippen molar-refractivity contribution in [1.82, 2.24) is 9.88 Å². The van der Waals surface area contributed by atoms with Gasteiger partial charge in [0.1, 0.15) is 39.7 Å². The van der Waals surface area contributed by atoms with E-state index in [1.165, 1.54) is 19.9 Å². The summed E-state index contributed by atoms with van der Waals surface area (Å²) in [5.41, 5.74) is -0.178. The number of aromatic hydroxyl groups is 2. The van der Waals surface area contributed by atoms with E-state index in [0.29, 0.717) is 18.8 Å². The average molecular weight is 517 g/mol. The Morgan fingerprint density at radius 2 is 1.89 bits per heavy atom. The molecular weight excluding hydrogens is 488 g/mol. The quantitative estimate of drug-likeness (QED) is 0.256. The summed E-state index contributed by atoms with van der Waals surface area (Å²) in [5, 5.41) is 25.6. The molecule has 9 nitrogen and oxygen atoms in total. The molecule has 1 aliphatic carbocycles. The fraction of sp³-hybridized carbons (Fsp3) is 0.276. The molecule has 196 valence electrons. The second-order valence-corrected chi connectivity index (χ2v) is 9.75. The minimum atomic E-state index is -1.54. The minimum Gasteiger partial charge on any atom is -0.507 e. The van der Waals surface area contributed by atoms with Gasteiger partial charge in [0, 0.05) is 47.5 Å². The summed E-state index contributed by atoms with van der Waals surface area (Å²) < 4.78 is 13.1. The van der Waals surface area contributed by atoms with E-state index in [1.54, 1.807) is 21.0 Å². The molecule has 0 spiro atoms. The van der Waals surface area contributed by atoms with Gasteiger partial charge in [-0.3, -0.25) is 14.4 Å². The Bertz CT molecular complexity index is 1630. The van der Waals surface area contributed by atoms with Crippen LogP contribution in [-0.4, -0.2) is 45.8 Å². The lowest BCUT2D eigenvalue weighted by Crippen LogP contribution is -2.41. The van der Waals surface area contributed by atoms with E-state index >= 15 is 0 Å². The van der Waals surface area contributed by atoms with Gasteiger partial charge in [0.15, 0.2) is 17.3 Å². The van der Waals surface area contributed by atoms with Gasteiger partial charge in [-0.05, 0) is 52.0 Å². The molecule has 2 aliphatic rings. The van der Waals surface area contributed by atoms with Crippen LogP contribution in [0.3, 0.4) is 0 Å². The van der Waals surface area contributed by atoms with Crippen LogP contribution in [0.2, 0.25) is 0 Å². The van der Waals surface area contributed by atoms with Gasteiger partial charge >= 0.3 is 0 Å². The summed E-state index contributed by atoms with van der Waals surface area (Å²) in [6.45, 7) is 6.93. The molecule has 9 heteroatoms. The highest BCUT2D eigenvalue weighted by atomic mass is 16.5. The number of carbonyl (C=O) groups is 3. The minimum absolute atomic E-state index is 0.0103. The third-order valence-electron chi connectivity index (χ3n) is 7.48. The first kappa shape index (κ1) is 25.1. The number of allylic oxidation sites excluding steroid dienone is 4. The normalized spacial score (nSPS) is 19.6. The van der Waals surface area contributed by atoms with E-state index in [-0.39, 0.29) is 39.5 Å². The Balaban J connectivity index is 1.47. The predicted octanol–water partition coefficient (Wildman–Crippen LogP) is 3.82. The Morgan fingerprint density at radius 1 is 1.16 bits per heavy atom. The van der Waals surface area contributed by atoms with Crippen molar-refractivity contribution < 1.29 is 34.1 Å². The number of carbonyl (C=O) groups excluding carboxylic acids is 3. The molecule has 1 aromatic heterocycles. The largest absolute Gasteiger partial charge is 0.507 e. The van der Waals surface area contributed by atoms with Crippen molar-refractivity contribution in [2.45, 2.75) is 39.7 Å². The molecule has 2 heterocycles. The number of phenols is 2. The van der Waals surface area contributed by atoms with Gasteiger partial charge in [-0.15, -0.1) is 0 Å². The number of fused-ring (bicyclic) bond motifs is 4. The van der Waals surface area contributed by atoms with Crippen LogP contribution in [0.1, 0.15) is 42.3 Å². The number of nitrogens with one attached hydrogen (secondary N) is 1. The van der Waals surface area contributed by atoms with Crippen LogP contribution in [0.15, 0.2) is 53.6 Å². The molecule has 38 heavy (non-hydrogen) atoms. The van der Waals surface area contributed by atoms with E-state index in [1.807, 2.05) is 30.5 Å². The Morgan fingerprint density at radius 3 is 2.58 bits per heavy atom. The molecule has 0 amide bonds. The lowest BCUT2D eigenvalue weighted by molar-refractivity contribution is -0.123. The Kier molecular flexibility index (Phi) is 5.82. The van der Waals surface area contributed by atoms with Crippen LogP contribution in [0.5, 0.6) is 23.0 Å².